The summed E-state index contributed by atoms with van der Waals surface area (Å²) in [4.78, 5) is 16.6. The highest BCUT2D eigenvalue weighted by atomic mass is 35.5. The Morgan fingerprint density at radius 1 is 1.27 bits per heavy atom. The third kappa shape index (κ3) is 2.84. The molecule has 2 heterocycles. The predicted octanol–water partition coefficient (Wildman–Crippen LogP) is 3.95. The minimum absolute atomic E-state index is 0.306. The standard InChI is InChI=1S/C16H12ClN3O2/c1-10-14(15(20-22-10)11-4-3-7-18-9-11)16(21)19-13-6-2-5-12(17)8-13/h2-9H,1H3,(H,19,21). The van der Waals surface area contributed by atoms with E-state index in [4.69, 9.17) is 16.1 Å². The molecule has 3 aromatic rings. The van der Waals surface area contributed by atoms with E-state index in [9.17, 15) is 4.79 Å². The minimum Gasteiger partial charge on any atom is -0.360 e. The zero-order valence-corrected chi connectivity index (χ0v) is 12.5. The van der Waals surface area contributed by atoms with Crippen molar-refractivity contribution in [2.75, 3.05) is 5.32 Å². The molecule has 0 bridgehead atoms. The number of aryl methyl sites for hydroxylation is 1. The fraction of sp³-hybridized carbons (Fsp3) is 0.0625. The van der Waals surface area contributed by atoms with E-state index < -0.39 is 0 Å². The molecule has 0 spiro atoms. The summed E-state index contributed by atoms with van der Waals surface area (Å²) in [5.41, 5.74) is 2.17. The molecule has 1 amide bonds. The number of hydrogen-bond acceptors (Lipinski definition) is 4. The highest BCUT2D eigenvalue weighted by Gasteiger charge is 2.21. The summed E-state index contributed by atoms with van der Waals surface area (Å²) in [7, 11) is 0. The number of rotatable bonds is 3. The van der Waals surface area contributed by atoms with Crippen LogP contribution in [0.3, 0.4) is 0 Å². The van der Waals surface area contributed by atoms with Crippen LogP contribution in [0.2, 0.25) is 5.02 Å². The number of benzene rings is 1. The molecular weight excluding hydrogens is 302 g/mol. The number of amides is 1. The van der Waals surface area contributed by atoms with Gasteiger partial charge in [0.05, 0.1) is 0 Å². The fourth-order valence-corrected chi connectivity index (χ4v) is 2.29. The molecule has 110 valence electrons. The number of anilines is 1. The lowest BCUT2D eigenvalue weighted by Gasteiger charge is -2.06. The maximum absolute atomic E-state index is 12.5. The van der Waals surface area contributed by atoms with Crippen LogP contribution in [0.25, 0.3) is 11.3 Å². The Hall–Kier alpha value is -2.66. The van der Waals surface area contributed by atoms with Gasteiger partial charge >= 0.3 is 0 Å². The molecule has 0 atom stereocenters. The smallest absolute Gasteiger partial charge is 0.261 e. The molecular formula is C16H12ClN3O2. The van der Waals surface area contributed by atoms with Gasteiger partial charge in [0.15, 0.2) is 0 Å². The third-order valence-electron chi connectivity index (χ3n) is 3.11. The van der Waals surface area contributed by atoms with Crippen molar-refractivity contribution in [3.8, 4) is 11.3 Å². The highest BCUT2D eigenvalue weighted by molar-refractivity contribution is 6.31. The first-order valence-electron chi connectivity index (χ1n) is 6.59. The summed E-state index contributed by atoms with van der Waals surface area (Å²) < 4.78 is 5.17. The molecule has 0 radical (unpaired) electrons. The van der Waals surface area contributed by atoms with Crippen molar-refractivity contribution in [2.24, 2.45) is 0 Å². The Bertz CT molecular complexity index is 815. The summed E-state index contributed by atoms with van der Waals surface area (Å²) in [5, 5.41) is 7.31. The number of halogens is 1. The second kappa shape index (κ2) is 5.99. The van der Waals surface area contributed by atoms with E-state index in [2.05, 4.69) is 15.5 Å². The number of hydrogen-bond donors (Lipinski definition) is 1. The van der Waals surface area contributed by atoms with Crippen molar-refractivity contribution in [3.05, 3.63) is 65.1 Å². The predicted molar refractivity (Wildman–Crippen MR) is 83.9 cm³/mol. The zero-order chi connectivity index (χ0) is 15.5. The maximum Gasteiger partial charge on any atom is 0.261 e. The normalized spacial score (nSPS) is 10.5. The van der Waals surface area contributed by atoms with E-state index in [-0.39, 0.29) is 5.91 Å². The Labute approximate surface area is 131 Å². The zero-order valence-electron chi connectivity index (χ0n) is 11.7. The Morgan fingerprint density at radius 3 is 2.86 bits per heavy atom. The molecule has 0 saturated heterocycles. The number of nitrogens with one attached hydrogen (secondary N) is 1. The van der Waals surface area contributed by atoms with Gasteiger partial charge in [-0.05, 0) is 37.3 Å². The van der Waals surface area contributed by atoms with Crippen molar-refractivity contribution >= 4 is 23.2 Å². The van der Waals surface area contributed by atoms with Crippen molar-refractivity contribution in [1.29, 1.82) is 0 Å². The highest BCUT2D eigenvalue weighted by Crippen LogP contribution is 2.25. The second-order valence-electron chi connectivity index (χ2n) is 4.67. The first kappa shape index (κ1) is 14.3. The molecule has 22 heavy (non-hydrogen) atoms. The molecule has 5 nitrogen and oxygen atoms in total. The minimum atomic E-state index is -0.306. The van der Waals surface area contributed by atoms with E-state index in [1.54, 1.807) is 49.6 Å². The molecule has 1 aromatic carbocycles. The molecule has 1 N–H and O–H groups in total. The van der Waals surface area contributed by atoms with Gasteiger partial charge in [0, 0.05) is 28.7 Å². The topological polar surface area (TPSA) is 68.0 Å². The quantitative estimate of drug-likeness (QED) is 0.795. The number of aromatic nitrogens is 2. The van der Waals surface area contributed by atoms with Gasteiger partial charge in [0.2, 0.25) is 0 Å². The van der Waals surface area contributed by atoms with Gasteiger partial charge in [0.25, 0.3) is 5.91 Å². The Kier molecular flexibility index (Phi) is 3.89. The fourth-order valence-electron chi connectivity index (χ4n) is 2.10. The van der Waals surface area contributed by atoms with Crippen LogP contribution >= 0.6 is 11.6 Å². The number of nitrogens with zero attached hydrogens (tertiary/aromatic N) is 2. The SMILES string of the molecule is Cc1onc(-c2cccnc2)c1C(=O)Nc1cccc(Cl)c1. The van der Waals surface area contributed by atoms with Crippen molar-refractivity contribution in [2.45, 2.75) is 6.92 Å². The van der Waals surface area contributed by atoms with Gasteiger partial charge < -0.3 is 9.84 Å². The molecule has 2 aromatic heterocycles. The van der Waals surface area contributed by atoms with Crippen LogP contribution in [0.15, 0.2) is 53.3 Å². The summed E-state index contributed by atoms with van der Waals surface area (Å²) in [5.74, 6) is 0.137. The van der Waals surface area contributed by atoms with Gasteiger partial charge in [-0.25, -0.2) is 0 Å². The number of carbonyl (C=O) groups is 1. The molecule has 0 saturated carbocycles. The lowest BCUT2D eigenvalue weighted by Crippen LogP contribution is -2.13. The van der Waals surface area contributed by atoms with Gasteiger partial charge in [-0.1, -0.05) is 22.8 Å². The summed E-state index contributed by atoms with van der Waals surface area (Å²) >= 11 is 5.92. The van der Waals surface area contributed by atoms with Crippen LogP contribution in [-0.4, -0.2) is 16.0 Å². The molecule has 0 aliphatic heterocycles. The van der Waals surface area contributed by atoms with Gasteiger partial charge in [-0.3, -0.25) is 9.78 Å². The molecule has 0 aliphatic rings. The van der Waals surface area contributed by atoms with Crippen LogP contribution in [0, 0.1) is 6.92 Å². The van der Waals surface area contributed by atoms with E-state index in [0.29, 0.717) is 27.7 Å². The van der Waals surface area contributed by atoms with E-state index >= 15 is 0 Å². The van der Waals surface area contributed by atoms with Gasteiger partial charge in [-0.15, -0.1) is 0 Å². The van der Waals surface area contributed by atoms with Crippen LogP contribution in [0.5, 0.6) is 0 Å². The van der Waals surface area contributed by atoms with Gasteiger partial charge in [0.1, 0.15) is 17.0 Å². The van der Waals surface area contributed by atoms with Crippen LogP contribution < -0.4 is 5.32 Å². The van der Waals surface area contributed by atoms with Gasteiger partial charge in [-0.2, -0.15) is 0 Å². The summed E-state index contributed by atoms with van der Waals surface area (Å²) in [6.45, 7) is 1.69. The molecule has 6 heteroatoms. The summed E-state index contributed by atoms with van der Waals surface area (Å²) in [6, 6.07) is 10.5. The Balaban J connectivity index is 1.95. The Morgan fingerprint density at radius 2 is 2.14 bits per heavy atom. The van der Waals surface area contributed by atoms with Crippen LogP contribution in [0.4, 0.5) is 5.69 Å². The lowest BCUT2D eigenvalue weighted by molar-refractivity contribution is 0.102. The number of carbonyl (C=O) groups excluding carboxylic acids is 1. The maximum atomic E-state index is 12.5. The van der Waals surface area contributed by atoms with Crippen molar-refractivity contribution in [1.82, 2.24) is 10.1 Å². The molecule has 0 unspecified atom stereocenters. The van der Waals surface area contributed by atoms with E-state index in [1.807, 2.05) is 6.07 Å². The largest absolute Gasteiger partial charge is 0.360 e. The monoisotopic (exact) mass is 313 g/mol. The summed E-state index contributed by atoms with van der Waals surface area (Å²) in [6.07, 6.45) is 3.29. The van der Waals surface area contributed by atoms with Crippen LogP contribution in [0.1, 0.15) is 16.1 Å². The lowest BCUT2D eigenvalue weighted by atomic mass is 10.1. The average molecular weight is 314 g/mol. The van der Waals surface area contributed by atoms with Crippen molar-refractivity contribution in [3.63, 3.8) is 0 Å². The van der Waals surface area contributed by atoms with Crippen molar-refractivity contribution < 1.29 is 9.32 Å². The van der Waals surface area contributed by atoms with E-state index in [1.165, 1.54) is 0 Å². The number of pyridine rings is 1. The van der Waals surface area contributed by atoms with E-state index in [0.717, 1.165) is 5.56 Å². The molecule has 0 aliphatic carbocycles. The second-order valence-corrected chi connectivity index (χ2v) is 5.10. The first-order chi connectivity index (χ1) is 10.6. The molecule has 0 fully saturated rings. The third-order valence-corrected chi connectivity index (χ3v) is 3.34. The average Bonchev–Trinajstić information content (AvgIpc) is 2.90. The molecule has 3 rings (SSSR count). The van der Waals surface area contributed by atoms with Crippen LogP contribution in [-0.2, 0) is 0 Å². The first-order valence-corrected chi connectivity index (χ1v) is 6.96.